The van der Waals surface area contributed by atoms with E-state index in [9.17, 15) is 4.79 Å². The summed E-state index contributed by atoms with van der Waals surface area (Å²) < 4.78 is 2.20. The lowest BCUT2D eigenvalue weighted by molar-refractivity contribution is -0.137. The van der Waals surface area contributed by atoms with Crippen LogP contribution in [-0.2, 0) is 17.8 Å². The lowest BCUT2D eigenvalue weighted by Gasteiger charge is -2.08. The third-order valence-corrected chi connectivity index (χ3v) is 4.25. The zero-order valence-corrected chi connectivity index (χ0v) is 15.1. The lowest BCUT2D eigenvalue weighted by Crippen LogP contribution is -2.11. The molecule has 1 N–H and O–H groups in total. The fourth-order valence-corrected chi connectivity index (χ4v) is 3.11. The summed E-state index contributed by atoms with van der Waals surface area (Å²) in [5.74, 6) is -0.258. The molecule has 3 rings (SSSR count). The number of fused-ring (bicyclic) bond motifs is 1. The summed E-state index contributed by atoms with van der Waals surface area (Å²) in [7, 11) is 0. The molecule has 122 valence electrons. The summed E-state index contributed by atoms with van der Waals surface area (Å²) in [6.07, 6.45) is 5.70. The fourth-order valence-electron chi connectivity index (χ4n) is 2.44. The summed E-state index contributed by atoms with van der Waals surface area (Å²) in [6.45, 7) is 5.37. The second kappa shape index (κ2) is 6.63. The number of carboxylic acids is 1. The Labute approximate surface area is 151 Å². The van der Waals surface area contributed by atoms with E-state index in [2.05, 4.69) is 49.2 Å². The highest BCUT2D eigenvalue weighted by Crippen LogP contribution is 2.28. The van der Waals surface area contributed by atoms with Crippen LogP contribution in [0.5, 0.6) is 0 Å². The van der Waals surface area contributed by atoms with Crippen LogP contribution in [-0.4, -0.2) is 35.8 Å². The van der Waals surface area contributed by atoms with Gasteiger partial charge in [0.05, 0.1) is 16.9 Å². The molecular formula is C16H14IN5O2. The predicted octanol–water partition coefficient (Wildman–Crippen LogP) is 2.61. The summed E-state index contributed by atoms with van der Waals surface area (Å²) in [6, 6.07) is 1.89. The Hall–Kier alpha value is -2.36. The van der Waals surface area contributed by atoms with Crippen LogP contribution in [0.4, 0.5) is 0 Å². The smallest absolute Gasteiger partial charge is 0.325 e. The Morgan fingerprint density at radius 1 is 1.42 bits per heavy atom. The molecule has 7 nitrogen and oxygen atoms in total. The Kier molecular flexibility index (Phi) is 4.56. The summed E-state index contributed by atoms with van der Waals surface area (Å²) in [4.78, 5) is 24.2. The van der Waals surface area contributed by atoms with Crippen LogP contribution in [0.25, 0.3) is 22.2 Å². The molecule has 0 unspecified atom stereocenters. The monoisotopic (exact) mass is 435 g/mol. The van der Waals surface area contributed by atoms with Crippen molar-refractivity contribution in [3.8, 4) is 11.3 Å². The van der Waals surface area contributed by atoms with Crippen molar-refractivity contribution < 1.29 is 9.90 Å². The highest BCUT2D eigenvalue weighted by molar-refractivity contribution is 14.1. The fraction of sp³-hybridized carbons (Fsp3) is 0.188. The van der Waals surface area contributed by atoms with Gasteiger partial charge < -0.3 is 5.11 Å². The van der Waals surface area contributed by atoms with Gasteiger partial charge in [-0.05, 0) is 35.6 Å². The molecule has 0 spiro atoms. The van der Waals surface area contributed by atoms with Crippen LogP contribution in [0.3, 0.4) is 0 Å². The summed E-state index contributed by atoms with van der Waals surface area (Å²) >= 11 is 2.10. The van der Waals surface area contributed by atoms with Gasteiger partial charge in [0, 0.05) is 29.8 Å². The van der Waals surface area contributed by atoms with Gasteiger partial charge in [0.25, 0.3) is 0 Å². The quantitative estimate of drug-likeness (QED) is 0.489. The van der Waals surface area contributed by atoms with E-state index in [4.69, 9.17) is 5.11 Å². The number of allylic oxidation sites excluding steroid dienone is 1. The van der Waals surface area contributed by atoms with Crippen molar-refractivity contribution in [2.24, 2.45) is 0 Å². The topological polar surface area (TPSA) is 93.8 Å². The number of hydrogen-bond donors (Lipinski definition) is 1. The molecule has 3 aromatic rings. The van der Waals surface area contributed by atoms with Gasteiger partial charge in [-0.2, -0.15) is 5.10 Å². The van der Waals surface area contributed by atoms with E-state index < -0.39 is 5.97 Å². The minimum Gasteiger partial charge on any atom is -0.480 e. The summed E-state index contributed by atoms with van der Waals surface area (Å²) in [5, 5.41) is 14.3. The number of hydrogen-bond acceptors (Lipinski definition) is 5. The van der Waals surface area contributed by atoms with Crippen LogP contribution in [0, 0.1) is 10.6 Å². The number of carbonyl (C=O) groups is 1. The molecule has 0 aromatic carbocycles. The second-order valence-electron chi connectivity index (χ2n) is 5.20. The molecular weight excluding hydrogens is 421 g/mol. The van der Waals surface area contributed by atoms with Crippen LogP contribution in [0.2, 0.25) is 0 Å². The molecule has 0 saturated carbocycles. The normalized spacial score (nSPS) is 10.9. The molecule has 0 aliphatic carbocycles. The number of aryl methyl sites for hydroxylation is 1. The zero-order chi connectivity index (χ0) is 17.3. The first-order valence-corrected chi connectivity index (χ1v) is 8.25. The van der Waals surface area contributed by atoms with Gasteiger partial charge >= 0.3 is 5.97 Å². The number of aromatic nitrogens is 5. The number of rotatable bonds is 5. The van der Waals surface area contributed by atoms with Crippen molar-refractivity contribution in [2.75, 3.05) is 0 Å². The number of aliphatic carboxylic acids is 1. The maximum atomic E-state index is 11.1. The molecule has 8 heteroatoms. The van der Waals surface area contributed by atoms with Crippen LogP contribution in [0.15, 0.2) is 31.1 Å². The van der Waals surface area contributed by atoms with E-state index in [-0.39, 0.29) is 6.54 Å². The summed E-state index contributed by atoms with van der Waals surface area (Å²) in [5.41, 5.74) is 2.98. The van der Waals surface area contributed by atoms with Gasteiger partial charge in [-0.3, -0.25) is 14.5 Å². The molecule has 3 heterocycles. The van der Waals surface area contributed by atoms with Crippen molar-refractivity contribution in [3.63, 3.8) is 0 Å². The highest BCUT2D eigenvalue weighted by atomic mass is 127. The number of halogens is 1. The van der Waals surface area contributed by atoms with E-state index in [1.165, 1.54) is 4.68 Å². The zero-order valence-electron chi connectivity index (χ0n) is 12.9. The Morgan fingerprint density at radius 3 is 2.75 bits per heavy atom. The van der Waals surface area contributed by atoms with Crippen molar-refractivity contribution in [1.82, 2.24) is 24.7 Å². The molecule has 24 heavy (non-hydrogen) atoms. The van der Waals surface area contributed by atoms with E-state index in [1.807, 2.05) is 13.0 Å². The van der Waals surface area contributed by atoms with Crippen molar-refractivity contribution >= 4 is 39.5 Å². The van der Waals surface area contributed by atoms with E-state index in [1.54, 1.807) is 18.5 Å². The van der Waals surface area contributed by atoms with Gasteiger partial charge in [0.1, 0.15) is 16.1 Å². The third-order valence-electron chi connectivity index (χ3n) is 3.45. The third kappa shape index (κ3) is 3.14. The molecule has 0 atom stereocenters. The lowest BCUT2D eigenvalue weighted by atomic mass is 10.1. The first kappa shape index (κ1) is 16.5. The van der Waals surface area contributed by atoms with Gasteiger partial charge in [-0.15, -0.1) is 6.58 Å². The van der Waals surface area contributed by atoms with Gasteiger partial charge in [-0.25, -0.2) is 9.97 Å². The Morgan fingerprint density at radius 2 is 2.12 bits per heavy atom. The highest BCUT2D eigenvalue weighted by Gasteiger charge is 2.17. The Bertz CT molecular complexity index is 934. The average molecular weight is 435 g/mol. The molecule has 3 aromatic heterocycles. The standard InChI is InChI=1S/C16H14IN5O2/c1-3-4-12-15-11(16(17)21-22(15)8-14(23)24)5-13(20-12)10-6-18-9(2)19-7-10/h3,5-7H,1,4,8H2,2H3,(H,23,24). The van der Waals surface area contributed by atoms with Crippen LogP contribution >= 0.6 is 22.6 Å². The molecule has 0 saturated heterocycles. The number of nitrogens with zero attached hydrogens (tertiary/aromatic N) is 5. The van der Waals surface area contributed by atoms with Gasteiger partial charge in [0.15, 0.2) is 0 Å². The van der Waals surface area contributed by atoms with Crippen molar-refractivity contribution in [1.29, 1.82) is 0 Å². The molecule has 0 bridgehead atoms. The molecule has 0 aliphatic rings. The number of carboxylic acid groups (broad SMARTS) is 1. The maximum absolute atomic E-state index is 11.1. The molecule has 0 aliphatic heterocycles. The number of pyridine rings is 1. The SMILES string of the molecule is C=CCc1nc(-c2cnc(C)nc2)cc2c(I)nn(CC(=O)O)c12. The van der Waals surface area contributed by atoms with E-state index in [0.29, 0.717) is 12.2 Å². The van der Waals surface area contributed by atoms with E-state index in [0.717, 1.165) is 31.6 Å². The largest absolute Gasteiger partial charge is 0.480 e. The van der Waals surface area contributed by atoms with Gasteiger partial charge in [0.2, 0.25) is 0 Å². The minimum absolute atomic E-state index is 0.210. The Balaban J connectivity index is 2.24. The van der Waals surface area contributed by atoms with Crippen molar-refractivity contribution in [3.05, 3.63) is 46.3 Å². The molecule has 0 amide bonds. The van der Waals surface area contributed by atoms with Crippen molar-refractivity contribution in [2.45, 2.75) is 19.9 Å². The predicted molar refractivity (Wildman–Crippen MR) is 97.5 cm³/mol. The van der Waals surface area contributed by atoms with E-state index >= 15 is 0 Å². The second-order valence-corrected chi connectivity index (χ2v) is 6.23. The molecule has 0 fully saturated rings. The van der Waals surface area contributed by atoms with Crippen LogP contribution in [0.1, 0.15) is 11.5 Å². The average Bonchev–Trinajstić information content (AvgIpc) is 2.84. The maximum Gasteiger partial charge on any atom is 0.325 e. The molecule has 0 radical (unpaired) electrons. The van der Waals surface area contributed by atoms with Gasteiger partial charge in [-0.1, -0.05) is 6.08 Å². The van der Waals surface area contributed by atoms with Crippen LogP contribution < -0.4 is 0 Å². The minimum atomic E-state index is -0.948. The first-order valence-electron chi connectivity index (χ1n) is 7.17. The first-order chi connectivity index (χ1) is 11.5.